The van der Waals surface area contributed by atoms with Crippen LogP contribution in [0, 0.1) is 0 Å². The third-order valence-electron chi connectivity index (χ3n) is 5.23. The SMILES string of the molecule is CC(C)c1ccc([C@H]2C3=C(CCCC3=O)Nc3[nH]c(=O)[nH]c(=O)c32)cc1. The van der Waals surface area contributed by atoms with Gasteiger partial charge in [0.25, 0.3) is 5.56 Å². The maximum atomic E-state index is 12.7. The molecule has 0 saturated heterocycles. The minimum atomic E-state index is -0.554. The summed E-state index contributed by atoms with van der Waals surface area (Å²) < 4.78 is 0. The van der Waals surface area contributed by atoms with E-state index in [0.717, 1.165) is 24.1 Å². The number of Topliss-reactive ketones (excluding diaryl/α,β-unsaturated/α-hetero) is 1. The van der Waals surface area contributed by atoms with E-state index in [0.29, 0.717) is 29.3 Å². The van der Waals surface area contributed by atoms with Gasteiger partial charge in [-0.05, 0) is 29.9 Å². The molecule has 0 fully saturated rings. The van der Waals surface area contributed by atoms with E-state index in [1.165, 1.54) is 5.56 Å². The fraction of sp³-hybridized carbons (Fsp3) is 0.350. The Balaban J connectivity index is 1.95. The maximum absolute atomic E-state index is 12.7. The van der Waals surface area contributed by atoms with Crippen LogP contribution in [0.25, 0.3) is 0 Å². The first kappa shape index (κ1) is 16.6. The molecule has 1 aromatic heterocycles. The second kappa shape index (κ2) is 6.12. The molecule has 6 heteroatoms. The third-order valence-corrected chi connectivity index (χ3v) is 5.23. The Morgan fingerprint density at radius 2 is 1.73 bits per heavy atom. The molecular formula is C20H21N3O3. The summed E-state index contributed by atoms with van der Waals surface area (Å²) in [4.78, 5) is 42.0. The highest BCUT2D eigenvalue weighted by Crippen LogP contribution is 2.42. The number of carbonyl (C=O) groups is 1. The lowest BCUT2D eigenvalue weighted by Gasteiger charge is -2.32. The van der Waals surface area contributed by atoms with Crippen LogP contribution in [-0.4, -0.2) is 15.8 Å². The van der Waals surface area contributed by atoms with Gasteiger partial charge >= 0.3 is 5.69 Å². The second-order valence-electron chi connectivity index (χ2n) is 7.25. The number of aromatic amines is 2. The number of carbonyl (C=O) groups excluding carboxylic acids is 1. The van der Waals surface area contributed by atoms with E-state index in [9.17, 15) is 14.4 Å². The Labute approximate surface area is 150 Å². The highest BCUT2D eigenvalue weighted by atomic mass is 16.2. The van der Waals surface area contributed by atoms with Crippen molar-refractivity contribution in [1.29, 1.82) is 0 Å². The lowest BCUT2D eigenvalue weighted by molar-refractivity contribution is -0.116. The van der Waals surface area contributed by atoms with Crippen LogP contribution in [-0.2, 0) is 4.79 Å². The molecule has 2 heterocycles. The first-order valence-electron chi connectivity index (χ1n) is 8.95. The van der Waals surface area contributed by atoms with Gasteiger partial charge in [0, 0.05) is 23.6 Å². The molecule has 26 heavy (non-hydrogen) atoms. The zero-order valence-electron chi connectivity index (χ0n) is 14.8. The van der Waals surface area contributed by atoms with Gasteiger partial charge in [0.05, 0.1) is 5.56 Å². The Hall–Kier alpha value is -2.89. The minimum Gasteiger partial charge on any atom is -0.344 e. The zero-order chi connectivity index (χ0) is 18.4. The van der Waals surface area contributed by atoms with Crippen molar-refractivity contribution in [3.05, 3.63) is 73.1 Å². The number of fused-ring (bicyclic) bond motifs is 1. The van der Waals surface area contributed by atoms with Crippen molar-refractivity contribution in [2.24, 2.45) is 0 Å². The van der Waals surface area contributed by atoms with Crippen LogP contribution >= 0.6 is 0 Å². The monoisotopic (exact) mass is 351 g/mol. The molecule has 0 amide bonds. The van der Waals surface area contributed by atoms with E-state index in [-0.39, 0.29) is 5.78 Å². The summed E-state index contributed by atoms with van der Waals surface area (Å²) in [7, 11) is 0. The fourth-order valence-corrected chi connectivity index (χ4v) is 3.90. The Kier molecular flexibility index (Phi) is 3.90. The van der Waals surface area contributed by atoms with Crippen LogP contribution in [0.3, 0.4) is 0 Å². The van der Waals surface area contributed by atoms with Gasteiger partial charge in [-0.1, -0.05) is 38.1 Å². The highest BCUT2D eigenvalue weighted by molar-refractivity contribution is 6.00. The molecule has 4 rings (SSSR count). The van der Waals surface area contributed by atoms with Crippen molar-refractivity contribution in [2.45, 2.75) is 44.9 Å². The van der Waals surface area contributed by atoms with Crippen molar-refractivity contribution in [3.8, 4) is 0 Å². The maximum Gasteiger partial charge on any atom is 0.327 e. The van der Waals surface area contributed by atoms with Crippen molar-refractivity contribution >= 4 is 11.6 Å². The highest BCUT2D eigenvalue weighted by Gasteiger charge is 2.37. The summed E-state index contributed by atoms with van der Waals surface area (Å²) in [5, 5.41) is 3.12. The number of H-pyrrole nitrogens is 2. The van der Waals surface area contributed by atoms with E-state index in [4.69, 9.17) is 0 Å². The first-order valence-corrected chi connectivity index (χ1v) is 8.95. The van der Waals surface area contributed by atoms with Crippen LogP contribution < -0.4 is 16.6 Å². The lowest BCUT2D eigenvalue weighted by atomic mass is 9.76. The Morgan fingerprint density at radius 3 is 2.42 bits per heavy atom. The summed E-state index contributed by atoms with van der Waals surface area (Å²) in [5.41, 5.74) is 2.93. The quantitative estimate of drug-likeness (QED) is 0.775. The zero-order valence-corrected chi connectivity index (χ0v) is 14.8. The molecule has 1 aromatic carbocycles. The fourth-order valence-electron chi connectivity index (χ4n) is 3.90. The average molecular weight is 351 g/mol. The van der Waals surface area contributed by atoms with Crippen molar-refractivity contribution in [2.75, 3.05) is 5.32 Å². The van der Waals surface area contributed by atoms with Gasteiger partial charge in [-0.2, -0.15) is 0 Å². The number of rotatable bonds is 2. The predicted molar refractivity (Wildman–Crippen MR) is 99.6 cm³/mol. The molecule has 0 spiro atoms. The molecule has 0 unspecified atom stereocenters. The molecule has 0 radical (unpaired) electrons. The second-order valence-corrected chi connectivity index (χ2v) is 7.25. The Bertz CT molecular complexity index is 1030. The van der Waals surface area contributed by atoms with Gasteiger partial charge in [-0.25, -0.2) is 4.79 Å². The molecule has 134 valence electrons. The van der Waals surface area contributed by atoms with Gasteiger partial charge in [-0.15, -0.1) is 0 Å². The van der Waals surface area contributed by atoms with Crippen LogP contribution in [0.15, 0.2) is 45.1 Å². The molecule has 2 aromatic rings. The first-order chi connectivity index (χ1) is 12.5. The third kappa shape index (κ3) is 2.62. The number of ketones is 1. The summed E-state index contributed by atoms with van der Waals surface area (Å²) >= 11 is 0. The van der Waals surface area contributed by atoms with Crippen molar-refractivity contribution in [1.82, 2.24) is 9.97 Å². The smallest absolute Gasteiger partial charge is 0.327 e. The number of allylic oxidation sites excluding steroid dienone is 2. The van der Waals surface area contributed by atoms with Crippen molar-refractivity contribution in [3.63, 3.8) is 0 Å². The van der Waals surface area contributed by atoms with Crippen LogP contribution in [0.2, 0.25) is 0 Å². The molecular weight excluding hydrogens is 330 g/mol. The summed E-state index contributed by atoms with van der Waals surface area (Å²) in [6.45, 7) is 4.24. The molecule has 0 saturated carbocycles. The number of aromatic nitrogens is 2. The van der Waals surface area contributed by atoms with E-state index >= 15 is 0 Å². The van der Waals surface area contributed by atoms with E-state index in [1.54, 1.807) is 0 Å². The average Bonchev–Trinajstić information content (AvgIpc) is 2.60. The lowest BCUT2D eigenvalue weighted by Crippen LogP contribution is -2.36. The van der Waals surface area contributed by atoms with Gasteiger partial charge in [0.2, 0.25) is 0 Å². The largest absolute Gasteiger partial charge is 0.344 e. The van der Waals surface area contributed by atoms with Crippen molar-refractivity contribution < 1.29 is 4.79 Å². The Morgan fingerprint density at radius 1 is 1.00 bits per heavy atom. The number of benzene rings is 1. The van der Waals surface area contributed by atoms with Gasteiger partial charge in [0.1, 0.15) is 5.82 Å². The van der Waals surface area contributed by atoms with Gasteiger partial charge < -0.3 is 5.32 Å². The van der Waals surface area contributed by atoms with Crippen LogP contribution in [0.5, 0.6) is 0 Å². The molecule has 6 nitrogen and oxygen atoms in total. The topological polar surface area (TPSA) is 94.8 Å². The number of hydrogen-bond acceptors (Lipinski definition) is 4. The van der Waals surface area contributed by atoms with Gasteiger partial charge in [0.15, 0.2) is 5.78 Å². The molecule has 0 bridgehead atoms. The van der Waals surface area contributed by atoms with Crippen LogP contribution in [0.4, 0.5) is 5.82 Å². The molecule has 2 aliphatic rings. The van der Waals surface area contributed by atoms with Gasteiger partial charge in [-0.3, -0.25) is 19.6 Å². The normalized spacial score (nSPS) is 19.2. The van der Waals surface area contributed by atoms with E-state index < -0.39 is 17.2 Å². The molecule has 1 aliphatic carbocycles. The summed E-state index contributed by atoms with van der Waals surface area (Å²) in [6, 6.07) is 8.03. The number of hydrogen-bond donors (Lipinski definition) is 3. The standard InChI is InChI=1S/C20H21N3O3/c1-10(2)11-6-8-12(9-7-11)15-16-13(4-3-5-14(16)24)21-18-17(15)19(25)23-20(26)22-18/h6-10,15H,3-5H2,1-2H3,(H3,21,22,23,25,26)/t15-/m0/s1. The van der Waals surface area contributed by atoms with E-state index in [1.807, 2.05) is 24.3 Å². The molecule has 1 aliphatic heterocycles. The van der Waals surface area contributed by atoms with Crippen LogP contribution in [0.1, 0.15) is 61.6 Å². The molecule has 3 N–H and O–H groups in total. The number of anilines is 1. The van der Waals surface area contributed by atoms with E-state index in [2.05, 4.69) is 29.1 Å². The number of nitrogens with one attached hydrogen (secondary N) is 3. The predicted octanol–water partition coefficient (Wildman–Crippen LogP) is 2.75. The minimum absolute atomic E-state index is 0.0629. The summed E-state index contributed by atoms with van der Waals surface area (Å²) in [5.74, 6) is 0.393. The molecule has 1 atom stereocenters. The summed E-state index contributed by atoms with van der Waals surface area (Å²) in [6.07, 6.45) is 1.99.